The Hall–Kier alpha value is -3.66. The molecule has 0 spiro atoms. The highest BCUT2D eigenvalue weighted by molar-refractivity contribution is 5.89. The van der Waals surface area contributed by atoms with E-state index in [0.717, 1.165) is 37.5 Å². The molecule has 0 aliphatic carbocycles. The van der Waals surface area contributed by atoms with Crippen LogP contribution in [-0.2, 0) is 4.74 Å². The molecule has 1 aromatic carbocycles. The van der Waals surface area contributed by atoms with Crippen molar-refractivity contribution in [2.75, 3.05) is 44.8 Å². The number of carbonyl (C=O) groups is 1. The third kappa shape index (κ3) is 4.28. The van der Waals surface area contributed by atoms with Crippen molar-refractivity contribution in [1.82, 2.24) is 19.4 Å². The molecule has 0 saturated carbocycles. The lowest BCUT2D eigenvalue weighted by Gasteiger charge is -2.40. The fourth-order valence-corrected chi connectivity index (χ4v) is 4.45. The number of pyridine rings is 1. The van der Waals surface area contributed by atoms with E-state index in [4.69, 9.17) is 14.2 Å². The predicted octanol–water partition coefficient (Wildman–Crippen LogP) is 2.47. The summed E-state index contributed by atoms with van der Waals surface area (Å²) in [6.07, 6.45) is 1.57. The van der Waals surface area contributed by atoms with E-state index in [1.54, 1.807) is 28.7 Å². The number of likely N-dealkylation sites (tertiary alicyclic amines) is 1. The summed E-state index contributed by atoms with van der Waals surface area (Å²) < 4.78 is 18.0. The number of nitrogens with zero attached hydrogens (tertiary/aromatic N) is 5. The van der Waals surface area contributed by atoms with Crippen LogP contribution in [0.5, 0.6) is 11.6 Å². The van der Waals surface area contributed by atoms with Gasteiger partial charge in [0, 0.05) is 31.4 Å². The molecular weight excluding hydrogens is 438 g/mol. The Morgan fingerprint density at radius 3 is 2.62 bits per heavy atom. The molecule has 4 heterocycles. The Bertz CT molecular complexity index is 1240. The van der Waals surface area contributed by atoms with Crippen molar-refractivity contribution in [2.24, 2.45) is 0 Å². The zero-order valence-corrected chi connectivity index (χ0v) is 19.2. The summed E-state index contributed by atoms with van der Waals surface area (Å²) >= 11 is 0. The number of aromatic nitrogens is 3. The summed E-state index contributed by atoms with van der Waals surface area (Å²) in [5.41, 5.74) is 1.82. The molecule has 0 radical (unpaired) electrons. The lowest BCUT2D eigenvalue weighted by atomic mass is 10.1. The van der Waals surface area contributed by atoms with Crippen LogP contribution in [0.15, 0.2) is 47.4 Å². The van der Waals surface area contributed by atoms with Gasteiger partial charge in [0.25, 0.3) is 5.56 Å². The molecule has 2 fully saturated rings. The number of carbonyl (C=O) groups excluding carboxylic acids is 1. The van der Waals surface area contributed by atoms with Crippen molar-refractivity contribution in [2.45, 2.75) is 25.5 Å². The molecule has 2 aliphatic heterocycles. The molecule has 10 nitrogen and oxygen atoms in total. The van der Waals surface area contributed by atoms with Gasteiger partial charge in [-0.3, -0.25) is 19.2 Å². The highest BCUT2D eigenvalue weighted by Gasteiger charge is 2.35. The van der Waals surface area contributed by atoms with Gasteiger partial charge in [0.15, 0.2) is 5.65 Å². The standard InChI is InChI=1S/C24H27N5O5/c1-3-33-18-6-4-16(5-7-18)28-15-19(34-24(28)31)10-11-27-13-17(14-27)29-22(30)12-25-20-8-9-21(32-2)26-23(20)29/h4-9,12,17,19H,3,10-11,13-15H2,1-2H3. The van der Waals surface area contributed by atoms with Crippen molar-refractivity contribution in [3.05, 3.63) is 52.9 Å². The van der Waals surface area contributed by atoms with Crippen LogP contribution >= 0.6 is 0 Å². The fourth-order valence-electron chi connectivity index (χ4n) is 4.45. The summed E-state index contributed by atoms with van der Waals surface area (Å²) in [6, 6.07) is 11.0. The number of benzene rings is 1. The molecule has 3 aromatic rings. The maximum Gasteiger partial charge on any atom is 0.414 e. The van der Waals surface area contributed by atoms with Gasteiger partial charge in [-0.15, -0.1) is 0 Å². The minimum absolute atomic E-state index is 0.0177. The Kier molecular flexibility index (Phi) is 6.06. The molecule has 0 bridgehead atoms. The molecule has 2 saturated heterocycles. The quantitative estimate of drug-likeness (QED) is 0.500. The van der Waals surface area contributed by atoms with E-state index < -0.39 is 0 Å². The molecule has 2 aliphatic rings. The first-order chi connectivity index (χ1) is 16.6. The second kappa shape index (κ2) is 9.30. The van der Waals surface area contributed by atoms with Crippen LogP contribution in [0.2, 0.25) is 0 Å². The first-order valence-corrected chi connectivity index (χ1v) is 11.4. The molecule has 10 heteroatoms. The number of fused-ring (bicyclic) bond motifs is 1. The smallest absolute Gasteiger partial charge is 0.414 e. The maximum absolute atomic E-state index is 12.5. The zero-order chi connectivity index (χ0) is 23.7. The van der Waals surface area contributed by atoms with Gasteiger partial charge in [-0.05, 0) is 43.7 Å². The van der Waals surface area contributed by atoms with E-state index in [9.17, 15) is 9.59 Å². The Morgan fingerprint density at radius 1 is 1.09 bits per heavy atom. The average Bonchev–Trinajstić information content (AvgIpc) is 3.19. The molecule has 178 valence electrons. The molecule has 1 atom stereocenters. The van der Waals surface area contributed by atoms with Gasteiger partial charge in [-0.1, -0.05) is 0 Å². The van der Waals surface area contributed by atoms with E-state index in [1.165, 1.54) is 6.20 Å². The lowest BCUT2D eigenvalue weighted by Crippen LogP contribution is -2.51. The maximum atomic E-state index is 12.5. The number of cyclic esters (lactones) is 1. The monoisotopic (exact) mass is 465 g/mol. The van der Waals surface area contributed by atoms with E-state index >= 15 is 0 Å². The van der Waals surface area contributed by atoms with E-state index in [2.05, 4.69) is 14.9 Å². The van der Waals surface area contributed by atoms with Crippen molar-refractivity contribution >= 4 is 22.9 Å². The largest absolute Gasteiger partial charge is 0.494 e. The van der Waals surface area contributed by atoms with Crippen molar-refractivity contribution < 1.29 is 19.0 Å². The zero-order valence-electron chi connectivity index (χ0n) is 19.2. The summed E-state index contributed by atoms with van der Waals surface area (Å²) in [5, 5.41) is 0. The Morgan fingerprint density at radius 2 is 1.88 bits per heavy atom. The summed E-state index contributed by atoms with van der Waals surface area (Å²) in [5.74, 6) is 1.22. The molecule has 5 rings (SSSR count). The number of methoxy groups -OCH3 is 1. The van der Waals surface area contributed by atoms with Gasteiger partial charge in [-0.25, -0.2) is 9.78 Å². The highest BCUT2D eigenvalue weighted by atomic mass is 16.6. The van der Waals surface area contributed by atoms with Crippen LogP contribution in [0.25, 0.3) is 11.2 Å². The minimum atomic E-state index is -0.328. The minimum Gasteiger partial charge on any atom is -0.494 e. The van der Waals surface area contributed by atoms with Gasteiger partial charge < -0.3 is 14.2 Å². The fraction of sp³-hybridized carbons (Fsp3) is 0.417. The summed E-state index contributed by atoms with van der Waals surface area (Å²) in [7, 11) is 1.55. The number of hydrogen-bond acceptors (Lipinski definition) is 8. The van der Waals surface area contributed by atoms with Crippen LogP contribution in [0.3, 0.4) is 0 Å². The average molecular weight is 466 g/mol. The van der Waals surface area contributed by atoms with E-state index in [1.807, 2.05) is 31.2 Å². The van der Waals surface area contributed by atoms with Gasteiger partial charge in [0.2, 0.25) is 5.88 Å². The predicted molar refractivity (Wildman–Crippen MR) is 126 cm³/mol. The molecule has 2 aromatic heterocycles. The molecule has 1 unspecified atom stereocenters. The molecular formula is C24H27N5O5. The number of ether oxygens (including phenoxy) is 3. The first kappa shape index (κ1) is 22.1. The molecule has 34 heavy (non-hydrogen) atoms. The molecule has 1 amide bonds. The Balaban J connectivity index is 1.17. The topological polar surface area (TPSA) is 99.0 Å². The van der Waals surface area contributed by atoms with Gasteiger partial charge in [0.05, 0.1) is 32.5 Å². The summed E-state index contributed by atoms with van der Waals surface area (Å²) in [4.78, 5) is 37.4. The Labute approximate surface area is 196 Å². The number of amides is 1. The number of anilines is 1. The second-order valence-corrected chi connectivity index (χ2v) is 8.41. The van der Waals surface area contributed by atoms with Gasteiger partial charge in [0.1, 0.15) is 17.4 Å². The third-order valence-electron chi connectivity index (χ3n) is 6.22. The van der Waals surface area contributed by atoms with Crippen molar-refractivity contribution in [1.29, 1.82) is 0 Å². The van der Waals surface area contributed by atoms with Crippen LogP contribution in [-0.4, -0.2) is 71.5 Å². The van der Waals surface area contributed by atoms with Gasteiger partial charge in [-0.2, -0.15) is 4.98 Å². The highest BCUT2D eigenvalue weighted by Crippen LogP contribution is 2.27. The SMILES string of the molecule is CCOc1ccc(N2CC(CCN3CC(n4c(=O)cnc5ccc(OC)nc54)C3)OC2=O)cc1. The van der Waals surface area contributed by atoms with Crippen LogP contribution in [0.1, 0.15) is 19.4 Å². The van der Waals surface area contributed by atoms with Crippen molar-refractivity contribution in [3.63, 3.8) is 0 Å². The normalized spacial score (nSPS) is 18.7. The first-order valence-electron chi connectivity index (χ1n) is 11.4. The van der Waals surface area contributed by atoms with Crippen LogP contribution in [0, 0.1) is 0 Å². The van der Waals surface area contributed by atoms with E-state index in [0.29, 0.717) is 30.2 Å². The lowest BCUT2D eigenvalue weighted by molar-refractivity contribution is 0.0799. The summed E-state index contributed by atoms with van der Waals surface area (Å²) in [6.45, 7) is 5.27. The second-order valence-electron chi connectivity index (χ2n) is 8.41. The van der Waals surface area contributed by atoms with Crippen LogP contribution < -0.4 is 19.9 Å². The van der Waals surface area contributed by atoms with Crippen molar-refractivity contribution in [3.8, 4) is 11.6 Å². The van der Waals surface area contributed by atoms with Crippen LogP contribution in [0.4, 0.5) is 10.5 Å². The van der Waals surface area contributed by atoms with E-state index in [-0.39, 0.29) is 23.8 Å². The molecule has 0 N–H and O–H groups in total. The number of hydrogen-bond donors (Lipinski definition) is 0. The number of rotatable bonds is 8. The van der Waals surface area contributed by atoms with Gasteiger partial charge >= 0.3 is 6.09 Å². The third-order valence-corrected chi connectivity index (χ3v) is 6.22.